The first-order chi connectivity index (χ1) is 8.02. The van der Waals surface area contributed by atoms with Crippen LogP contribution in [0.3, 0.4) is 0 Å². The van der Waals surface area contributed by atoms with E-state index in [1.807, 2.05) is 7.05 Å². The molecule has 1 rings (SSSR count). The van der Waals surface area contributed by atoms with Crippen molar-refractivity contribution in [1.82, 2.24) is 10.2 Å². The lowest BCUT2D eigenvalue weighted by Crippen LogP contribution is -2.36. The van der Waals surface area contributed by atoms with E-state index in [-0.39, 0.29) is 11.5 Å². The molecule has 0 aliphatic heterocycles. The largest absolute Gasteiger partial charge is 0.351 e. The summed E-state index contributed by atoms with van der Waals surface area (Å²) in [6.07, 6.45) is 0. The summed E-state index contributed by atoms with van der Waals surface area (Å²) in [6, 6.07) is 6.42. The van der Waals surface area contributed by atoms with Gasteiger partial charge in [-0.15, -0.1) is 0 Å². The van der Waals surface area contributed by atoms with Gasteiger partial charge in [-0.3, -0.25) is 4.79 Å². The summed E-state index contributed by atoms with van der Waals surface area (Å²) >= 11 is 0. The van der Waals surface area contributed by atoms with E-state index in [1.165, 1.54) is 12.1 Å². The van der Waals surface area contributed by atoms with Crippen LogP contribution in [0.25, 0.3) is 0 Å². The fourth-order valence-corrected chi connectivity index (χ4v) is 1.34. The molecule has 0 aliphatic carbocycles. The van der Waals surface area contributed by atoms with Crippen molar-refractivity contribution in [3.63, 3.8) is 0 Å². The summed E-state index contributed by atoms with van der Waals surface area (Å²) in [5, 5.41) is 2.70. The van der Waals surface area contributed by atoms with Crippen LogP contribution in [-0.4, -0.2) is 37.0 Å². The van der Waals surface area contributed by atoms with E-state index >= 15 is 0 Å². The van der Waals surface area contributed by atoms with Gasteiger partial charge in [0.05, 0.1) is 5.56 Å². The minimum absolute atomic E-state index is 0.0969. The van der Waals surface area contributed by atoms with Crippen LogP contribution in [0.15, 0.2) is 24.3 Å². The lowest BCUT2D eigenvalue weighted by molar-refractivity contribution is 0.0944. The maximum Gasteiger partial charge on any atom is 0.254 e. The van der Waals surface area contributed by atoms with Crippen LogP contribution in [0.4, 0.5) is 4.39 Å². The summed E-state index contributed by atoms with van der Waals surface area (Å²) in [5.74, 6) is -0.845. The highest BCUT2D eigenvalue weighted by atomic mass is 19.1. The monoisotopic (exact) mass is 238 g/mol. The Labute approximate surface area is 102 Å². The Morgan fingerprint density at radius 2 is 2.06 bits per heavy atom. The molecule has 0 spiro atoms. The molecule has 0 fully saturated rings. The Bertz CT molecular complexity index is 379. The third kappa shape index (κ3) is 4.15. The molecule has 0 aromatic heterocycles. The molecule has 0 saturated carbocycles. The maximum absolute atomic E-state index is 13.3. The van der Waals surface area contributed by atoms with Crippen LogP contribution in [0.2, 0.25) is 0 Å². The molecule has 1 N–H and O–H groups in total. The van der Waals surface area contributed by atoms with Gasteiger partial charge in [-0.2, -0.15) is 0 Å². The highest BCUT2D eigenvalue weighted by molar-refractivity contribution is 5.94. The molecule has 0 aliphatic rings. The van der Waals surface area contributed by atoms with Gasteiger partial charge in [0, 0.05) is 19.1 Å². The normalized spacial score (nSPS) is 10.9. The number of rotatable bonds is 5. The van der Waals surface area contributed by atoms with E-state index < -0.39 is 5.82 Å². The number of hydrogen-bond acceptors (Lipinski definition) is 2. The summed E-state index contributed by atoms with van der Waals surface area (Å²) < 4.78 is 13.3. The predicted octanol–water partition coefficient (Wildman–Crippen LogP) is 1.90. The second kappa shape index (κ2) is 6.35. The van der Waals surface area contributed by atoms with Gasteiger partial charge >= 0.3 is 0 Å². The molecule has 3 nitrogen and oxygen atoms in total. The number of amides is 1. The van der Waals surface area contributed by atoms with E-state index in [9.17, 15) is 9.18 Å². The fourth-order valence-electron chi connectivity index (χ4n) is 1.34. The van der Waals surface area contributed by atoms with Crippen LogP contribution in [-0.2, 0) is 0 Å². The van der Waals surface area contributed by atoms with Crippen molar-refractivity contribution in [2.45, 2.75) is 19.9 Å². The number of halogens is 1. The molecule has 0 unspecified atom stereocenters. The first-order valence-corrected chi connectivity index (χ1v) is 5.75. The lowest BCUT2D eigenvalue weighted by Gasteiger charge is -2.20. The van der Waals surface area contributed by atoms with Gasteiger partial charge in [0.25, 0.3) is 5.91 Å². The van der Waals surface area contributed by atoms with Gasteiger partial charge in [0.1, 0.15) is 5.82 Å². The van der Waals surface area contributed by atoms with Crippen molar-refractivity contribution in [2.24, 2.45) is 0 Å². The first-order valence-electron chi connectivity index (χ1n) is 5.75. The molecule has 1 aromatic rings. The zero-order chi connectivity index (χ0) is 12.8. The minimum atomic E-state index is -0.484. The summed E-state index contributed by atoms with van der Waals surface area (Å²) in [7, 11) is 1.99. The SMILES string of the molecule is CC(C)N(C)CCNC(=O)c1ccccc1F. The average Bonchev–Trinajstić information content (AvgIpc) is 2.29. The molecular weight excluding hydrogens is 219 g/mol. The lowest BCUT2D eigenvalue weighted by atomic mass is 10.2. The molecule has 94 valence electrons. The highest BCUT2D eigenvalue weighted by Gasteiger charge is 2.10. The Kier molecular flexibility index (Phi) is 5.10. The van der Waals surface area contributed by atoms with Crippen molar-refractivity contribution < 1.29 is 9.18 Å². The van der Waals surface area contributed by atoms with Crippen molar-refractivity contribution in [3.05, 3.63) is 35.6 Å². The molecule has 0 radical (unpaired) electrons. The van der Waals surface area contributed by atoms with Crippen LogP contribution < -0.4 is 5.32 Å². The van der Waals surface area contributed by atoms with Gasteiger partial charge in [-0.1, -0.05) is 12.1 Å². The molecule has 4 heteroatoms. The van der Waals surface area contributed by atoms with Crippen molar-refractivity contribution in [1.29, 1.82) is 0 Å². The van der Waals surface area contributed by atoms with E-state index in [0.29, 0.717) is 12.6 Å². The molecule has 0 heterocycles. The predicted molar refractivity (Wildman–Crippen MR) is 66.5 cm³/mol. The minimum Gasteiger partial charge on any atom is -0.351 e. The molecule has 17 heavy (non-hydrogen) atoms. The van der Waals surface area contributed by atoms with Crippen molar-refractivity contribution >= 4 is 5.91 Å². The second-order valence-electron chi connectivity index (χ2n) is 4.31. The van der Waals surface area contributed by atoms with Crippen LogP contribution in [0, 0.1) is 5.82 Å². The topological polar surface area (TPSA) is 32.3 Å². The molecule has 1 amide bonds. The van der Waals surface area contributed by atoms with E-state index in [4.69, 9.17) is 0 Å². The third-order valence-corrected chi connectivity index (χ3v) is 2.75. The Hall–Kier alpha value is -1.42. The number of likely N-dealkylation sites (N-methyl/N-ethyl adjacent to an activating group) is 1. The number of benzene rings is 1. The quantitative estimate of drug-likeness (QED) is 0.849. The van der Waals surface area contributed by atoms with Crippen LogP contribution in [0.5, 0.6) is 0 Å². The number of nitrogens with zero attached hydrogens (tertiary/aromatic N) is 1. The van der Waals surface area contributed by atoms with Gasteiger partial charge < -0.3 is 10.2 Å². The molecule has 1 aromatic carbocycles. The zero-order valence-corrected chi connectivity index (χ0v) is 10.5. The van der Waals surface area contributed by atoms with Gasteiger partial charge in [0.2, 0.25) is 0 Å². The van der Waals surface area contributed by atoms with Gasteiger partial charge in [-0.05, 0) is 33.0 Å². The molecule has 0 atom stereocenters. The molecule has 0 bridgehead atoms. The Morgan fingerprint density at radius 1 is 1.41 bits per heavy atom. The number of hydrogen-bond donors (Lipinski definition) is 1. The smallest absolute Gasteiger partial charge is 0.254 e. The van der Waals surface area contributed by atoms with Crippen molar-refractivity contribution in [3.8, 4) is 0 Å². The van der Waals surface area contributed by atoms with Crippen LogP contribution >= 0.6 is 0 Å². The zero-order valence-electron chi connectivity index (χ0n) is 10.5. The van der Waals surface area contributed by atoms with Gasteiger partial charge in [-0.25, -0.2) is 4.39 Å². The molecular formula is C13H19FN2O. The number of nitrogens with one attached hydrogen (secondary N) is 1. The highest BCUT2D eigenvalue weighted by Crippen LogP contribution is 2.05. The Morgan fingerprint density at radius 3 is 2.65 bits per heavy atom. The standard InChI is InChI=1S/C13H19FN2O/c1-10(2)16(3)9-8-15-13(17)11-6-4-5-7-12(11)14/h4-7,10H,8-9H2,1-3H3,(H,15,17). The summed E-state index contributed by atoms with van der Waals surface area (Å²) in [5.41, 5.74) is 0.0969. The maximum atomic E-state index is 13.3. The first kappa shape index (κ1) is 13.6. The van der Waals surface area contributed by atoms with E-state index in [1.54, 1.807) is 12.1 Å². The number of carbonyl (C=O) groups excluding carboxylic acids is 1. The summed E-state index contributed by atoms with van der Waals surface area (Å²) in [4.78, 5) is 13.8. The fraction of sp³-hybridized carbons (Fsp3) is 0.462. The summed E-state index contributed by atoms with van der Waals surface area (Å²) in [6.45, 7) is 5.43. The number of carbonyl (C=O) groups is 1. The molecule has 0 saturated heterocycles. The average molecular weight is 238 g/mol. The van der Waals surface area contributed by atoms with E-state index in [2.05, 4.69) is 24.1 Å². The van der Waals surface area contributed by atoms with Crippen LogP contribution in [0.1, 0.15) is 24.2 Å². The second-order valence-corrected chi connectivity index (χ2v) is 4.31. The van der Waals surface area contributed by atoms with Gasteiger partial charge in [0.15, 0.2) is 0 Å². The van der Waals surface area contributed by atoms with E-state index in [0.717, 1.165) is 6.54 Å². The van der Waals surface area contributed by atoms with Crippen molar-refractivity contribution in [2.75, 3.05) is 20.1 Å². The Balaban J connectivity index is 2.43. The third-order valence-electron chi connectivity index (χ3n) is 2.75.